The number of likely N-dealkylation sites (tertiary alicyclic amines) is 1. The Labute approximate surface area is 169 Å². The van der Waals surface area contributed by atoms with E-state index in [-0.39, 0.29) is 12.0 Å². The molecule has 1 aromatic carbocycles. The molecule has 1 aliphatic heterocycles. The van der Waals surface area contributed by atoms with Crippen LogP contribution in [0.25, 0.3) is 0 Å². The van der Waals surface area contributed by atoms with Gasteiger partial charge in [0.1, 0.15) is 0 Å². The predicted octanol–water partition coefficient (Wildman–Crippen LogP) is 3.82. The smallest absolute Gasteiger partial charge is 0.219 e. The molecule has 0 unspecified atom stereocenters. The van der Waals surface area contributed by atoms with E-state index in [1.807, 2.05) is 4.90 Å². The summed E-state index contributed by atoms with van der Waals surface area (Å²) in [6.45, 7) is 11.0. The molecular weight excluding hydrogens is 358 g/mol. The molecule has 1 saturated heterocycles. The van der Waals surface area contributed by atoms with Crippen LogP contribution in [0.2, 0.25) is 0 Å². The van der Waals surface area contributed by atoms with Crippen LogP contribution < -0.4 is 5.32 Å². The Hall–Kier alpha value is -1.66. The second-order valence-corrected chi connectivity index (χ2v) is 7.89. The minimum atomic E-state index is 0.158. The van der Waals surface area contributed by atoms with Crippen LogP contribution in [0.1, 0.15) is 45.6 Å². The molecule has 1 aliphatic rings. The molecule has 5 nitrogen and oxygen atoms in total. The van der Waals surface area contributed by atoms with Gasteiger partial charge in [-0.1, -0.05) is 17.7 Å². The van der Waals surface area contributed by atoms with Gasteiger partial charge in [0.2, 0.25) is 5.91 Å². The highest BCUT2D eigenvalue weighted by atomic mass is 32.1. The summed E-state index contributed by atoms with van der Waals surface area (Å²) in [5.41, 5.74) is 2.24. The number of amides is 1. The lowest BCUT2D eigenvalue weighted by molar-refractivity contribution is -0.130. The number of benzene rings is 1. The normalized spacial score (nSPS) is 15.1. The molecule has 1 heterocycles. The topological polar surface area (TPSA) is 44.8 Å². The Balaban J connectivity index is 1.98. The molecule has 1 aromatic rings. The molecule has 1 N–H and O–H groups in total. The SMILES string of the molecule is CC(=O)N1CCC(N(CCCOC(C)C)C(=S)Nc2ccc(C)cc2)CC1. The maximum absolute atomic E-state index is 11.6. The number of nitrogens with zero attached hydrogens (tertiary/aromatic N) is 2. The minimum Gasteiger partial charge on any atom is -0.379 e. The molecule has 0 atom stereocenters. The van der Waals surface area contributed by atoms with Crippen molar-refractivity contribution in [3.05, 3.63) is 29.8 Å². The molecule has 0 aromatic heterocycles. The monoisotopic (exact) mass is 391 g/mol. The van der Waals surface area contributed by atoms with Crippen molar-refractivity contribution in [2.75, 3.05) is 31.6 Å². The van der Waals surface area contributed by atoms with Crippen LogP contribution in [0.15, 0.2) is 24.3 Å². The molecule has 0 bridgehead atoms. The number of carbonyl (C=O) groups excluding carboxylic acids is 1. The Bertz CT molecular complexity index is 610. The maximum Gasteiger partial charge on any atom is 0.219 e. The zero-order valence-electron chi connectivity index (χ0n) is 17.0. The molecule has 0 spiro atoms. The van der Waals surface area contributed by atoms with Gasteiger partial charge in [0, 0.05) is 44.9 Å². The van der Waals surface area contributed by atoms with E-state index >= 15 is 0 Å². The fourth-order valence-corrected chi connectivity index (χ4v) is 3.69. The van der Waals surface area contributed by atoms with Crippen LogP contribution >= 0.6 is 12.2 Å². The van der Waals surface area contributed by atoms with Crippen molar-refractivity contribution in [2.45, 2.75) is 59.1 Å². The van der Waals surface area contributed by atoms with Gasteiger partial charge < -0.3 is 19.9 Å². The average Bonchev–Trinajstić information content (AvgIpc) is 2.63. The first-order chi connectivity index (χ1) is 12.9. The average molecular weight is 392 g/mol. The van der Waals surface area contributed by atoms with E-state index in [1.54, 1.807) is 6.92 Å². The highest BCUT2D eigenvalue weighted by molar-refractivity contribution is 7.80. The Kier molecular flexibility index (Phi) is 8.51. The Morgan fingerprint density at radius 2 is 1.93 bits per heavy atom. The third kappa shape index (κ3) is 7.11. The zero-order chi connectivity index (χ0) is 19.8. The fraction of sp³-hybridized carbons (Fsp3) is 0.619. The molecule has 1 amide bonds. The van der Waals surface area contributed by atoms with Gasteiger partial charge in [0.05, 0.1) is 6.10 Å². The van der Waals surface area contributed by atoms with Gasteiger partial charge in [-0.25, -0.2) is 0 Å². The van der Waals surface area contributed by atoms with Crippen LogP contribution in [-0.2, 0) is 9.53 Å². The lowest BCUT2D eigenvalue weighted by Crippen LogP contribution is -2.50. The molecule has 6 heteroatoms. The number of nitrogens with one attached hydrogen (secondary N) is 1. The van der Waals surface area contributed by atoms with Gasteiger partial charge >= 0.3 is 0 Å². The second kappa shape index (κ2) is 10.6. The summed E-state index contributed by atoms with van der Waals surface area (Å²) in [7, 11) is 0. The summed E-state index contributed by atoms with van der Waals surface area (Å²) in [5, 5.41) is 4.14. The van der Waals surface area contributed by atoms with E-state index in [1.165, 1.54) is 5.56 Å². The number of thiocarbonyl (C=S) groups is 1. The summed E-state index contributed by atoms with van der Waals surface area (Å²) in [5.74, 6) is 0.158. The molecule has 2 rings (SSSR count). The number of piperidine rings is 1. The molecule has 150 valence electrons. The lowest BCUT2D eigenvalue weighted by Gasteiger charge is -2.39. The summed E-state index contributed by atoms with van der Waals surface area (Å²) < 4.78 is 5.70. The number of hydrogen-bond donors (Lipinski definition) is 1. The molecule has 0 saturated carbocycles. The van der Waals surface area contributed by atoms with Gasteiger partial charge in [0.25, 0.3) is 0 Å². The molecule has 27 heavy (non-hydrogen) atoms. The summed E-state index contributed by atoms with van der Waals surface area (Å²) in [6, 6.07) is 8.62. The van der Waals surface area contributed by atoms with E-state index < -0.39 is 0 Å². The van der Waals surface area contributed by atoms with Crippen LogP contribution in [0.3, 0.4) is 0 Å². The van der Waals surface area contributed by atoms with Crippen molar-refractivity contribution in [1.29, 1.82) is 0 Å². The molecular formula is C21H33N3O2S. The lowest BCUT2D eigenvalue weighted by atomic mass is 10.0. The summed E-state index contributed by atoms with van der Waals surface area (Å²) >= 11 is 5.75. The van der Waals surface area contributed by atoms with Crippen LogP contribution in [-0.4, -0.2) is 59.2 Å². The van der Waals surface area contributed by atoms with Gasteiger partial charge in [-0.15, -0.1) is 0 Å². The largest absolute Gasteiger partial charge is 0.379 e. The first-order valence-corrected chi connectivity index (χ1v) is 10.3. The van der Waals surface area contributed by atoms with E-state index in [9.17, 15) is 4.79 Å². The van der Waals surface area contributed by atoms with Crippen LogP contribution in [0, 0.1) is 6.92 Å². The molecule has 0 radical (unpaired) electrons. The Morgan fingerprint density at radius 1 is 1.30 bits per heavy atom. The summed E-state index contributed by atoms with van der Waals surface area (Å²) in [6.07, 6.45) is 3.07. The number of hydrogen-bond acceptors (Lipinski definition) is 3. The molecule has 1 fully saturated rings. The number of rotatable bonds is 7. The van der Waals surface area contributed by atoms with Crippen molar-refractivity contribution < 1.29 is 9.53 Å². The first-order valence-electron chi connectivity index (χ1n) is 9.88. The van der Waals surface area contributed by atoms with E-state index in [0.717, 1.165) is 56.3 Å². The van der Waals surface area contributed by atoms with E-state index in [0.29, 0.717) is 6.04 Å². The molecule has 0 aliphatic carbocycles. The van der Waals surface area contributed by atoms with Gasteiger partial charge in [-0.05, 0) is 64.4 Å². The number of ether oxygens (including phenoxy) is 1. The quantitative estimate of drug-likeness (QED) is 0.565. The van der Waals surface area contributed by atoms with Crippen molar-refractivity contribution >= 4 is 28.9 Å². The minimum absolute atomic E-state index is 0.158. The third-order valence-corrected chi connectivity index (χ3v) is 5.25. The van der Waals surface area contributed by atoms with Crippen molar-refractivity contribution in [1.82, 2.24) is 9.80 Å². The third-order valence-electron chi connectivity index (χ3n) is 4.91. The number of anilines is 1. The maximum atomic E-state index is 11.6. The van der Waals surface area contributed by atoms with Crippen molar-refractivity contribution in [3.8, 4) is 0 Å². The van der Waals surface area contributed by atoms with Gasteiger partial charge in [0.15, 0.2) is 5.11 Å². The van der Waals surface area contributed by atoms with Gasteiger partial charge in [-0.2, -0.15) is 0 Å². The fourth-order valence-electron chi connectivity index (χ4n) is 3.33. The first kappa shape index (κ1) is 21.6. The number of carbonyl (C=O) groups is 1. The van der Waals surface area contributed by atoms with Crippen LogP contribution in [0.4, 0.5) is 5.69 Å². The highest BCUT2D eigenvalue weighted by Gasteiger charge is 2.27. The van der Waals surface area contributed by atoms with Crippen LogP contribution in [0.5, 0.6) is 0 Å². The zero-order valence-corrected chi connectivity index (χ0v) is 17.8. The Morgan fingerprint density at radius 3 is 2.48 bits per heavy atom. The number of aryl methyl sites for hydroxylation is 1. The van der Waals surface area contributed by atoms with E-state index in [4.69, 9.17) is 17.0 Å². The van der Waals surface area contributed by atoms with E-state index in [2.05, 4.69) is 55.3 Å². The van der Waals surface area contributed by atoms with Crippen molar-refractivity contribution in [3.63, 3.8) is 0 Å². The van der Waals surface area contributed by atoms with Crippen molar-refractivity contribution in [2.24, 2.45) is 0 Å². The highest BCUT2D eigenvalue weighted by Crippen LogP contribution is 2.19. The van der Waals surface area contributed by atoms with Gasteiger partial charge in [-0.3, -0.25) is 4.79 Å². The predicted molar refractivity (Wildman–Crippen MR) is 115 cm³/mol. The summed E-state index contributed by atoms with van der Waals surface area (Å²) in [4.78, 5) is 15.8. The standard InChI is InChI=1S/C21H33N3O2S/c1-16(2)26-15-5-12-24(20-10-13-23(14-11-20)18(4)25)21(27)22-19-8-6-17(3)7-9-19/h6-9,16,20H,5,10-15H2,1-4H3,(H,22,27). The second-order valence-electron chi connectivity index (χ2n) is 7.50.